The van der Waals surface area contributed by atoms with Crippen molar-refractivity contribution in [3.63, 3.8) is 0 Å². The Balaban J connectivity index is 2.08. The fourth-order valence-corrected chi connectivity index (χ4v) is 2.45. The summed E-state index contributed by atoms with van der Waals surface area (Å²) in [5.41, 5.74) is 8.16. The van der Waals surface area contributed by atoms with E-state index >= 15 is 0 Å². The van der Waals surface area contributed by atoms with Gasteiger partial charge in [0.2, 0.25) is 0 Å². The lowest BCUT2D eigenvalue weighted by Crippen LogP contribution is -2.40. The van der Waals surface area contributed by atoms with Crippen LogP contribution in [0.1, 0.15) is 34.6 Å². The topological polar surface area (TPSA) is 59.2 Å². The maximum atomic E-state index is 12.4. The standard InChI is InChI=1S/C14H21N3O/c1-10-3-4-13(11(2)16-10)14(18)17-7-5-12(9-15)6-8-17/h3-4,12H,5-9,15H2,1-2H3. The number of hydrogen-bond donors (Lipinski definition) is 1. The van der Waals surface area contributed by atoms with Crippen molar-refractivity contribution in [1.82, 2.24) is 9.88 Å². The number of nitrogens with two attached hydrogens (primary N) is 1. The Morgan fingerprint density at radius 2 is 2.06 bits per heavy atom. The lowest BCUT2D eigenvalue weighted by Gasteiger charge is -2.31. The third kappa shape index (κ3) is 2.70. The molecule has 2 heterocycles. The number of aromatic nitrogens is 1. The van der Waals surface area contributed by atoms with Gasteiger partial charge in [-0.3, -0.25) is 9.78 Å². The number of rotatable bonds is 2. The molecule has 0 atom stereocenters. The first-order valence-electron chi connectivity index (χ1n) is 6.55. The van der Waals surface area contributed by atoms with Crippen LogP contribution in [0.15, 0.2) is 12.1 Å². The Morgan fingerprint density at radius 1 is 1.39 bits per heavy atom. The van der Waals surface area contributed by atoms with E-state index in [1.165, 1.54) is 0 Å². The molecule has 4 nitrogen and oxygen atoms in total. The first kappa shape index (κ1) is 13.0. The molecule has 1 aliphatic heterocycles. The maximum absolute atomic E-state index is 12.4. The lowest BCUT2D eigenvalue weighted by atomic mass is 9.96. The van der Waals surface area contributed by atoms with Gasteiger partial charge < -0.3 is 10.6 Å². The second kappa shape index (κ2) is 5.48. The number of nitrogens with zero attached hydrogens (tertiary/aromatic N) is 2. The van der Waals surface area contributed by atoms with Crippen molar-refractivity contribution in [2.24, 2.45) is 11.7 Å². The summed E-state index contributed by atoms with van der Waals surface area (Å²) in [5.74, 6) is 0.682. The van der Waals surface area contributed by atoms with Crippen molar-refractivity contribution >= 4 is 5.91 Å². The van der Waals surface area contributed by atoms with Crippen LogP contribution in [0.25, 0.3) is 0 Å². The molecule has 2 rings (SSSR count). The monoisotopic (exact) mass is 247 g/mol. The molecule has 1 aromatic heterocycles. The van der Waals surface area contributed by atoms with Gasteiger partial charge in [-0.25, -0.2) is 0 Å². The molecule has 2 N–H and O–H groups in total. The molecule has 1 amide bonds. The van der Waals surface area contributed by atoms with E-state index in [2.05, 4.69) is 4.98 Å². The summed E-state index contributed by atoms with van der Waals surface area (Å²) < 4.78 is 0. The van der Waals surface area contributed by atoms with Gasteiger partial charge in [0, 0.05) is 18.8 Å². The molecule has 4 heteroatoms. The zero-order chi connectivity index (χ0) is 13.1. The van der Waals surface area contributed by atoms with Gasteiger partial charge in [-0.1, -0.05) is 0 Å². The lowest BCUT2D eigenvalue weighted by molar-refractivity contribution is 0.0692. The third-order valence-corrected chi connectivity index (χ3v) is 3.69. The van der Waals surface area contributed by atoms with Gasteiger partial charge in [-0.05, 0) is 51.3 Å². The Kier molecular flexibility index (Phi) is 3.97. The van der Waals surface area contributed by atoms with Crippen LogP contribution in [0.5, 0.6) is 0 Å². The van der Waals surface area contributed by atoms with Gasteiger partial charge in [0.05, 0.1) is 11.3 Å². The molecule has 0 bridgehead atoms. The summed E-state index contributed by atoms with van der Waals surface area (Å²) in [4.78, 5) is 18.7. The van der Waals surface area contributed by atoms with E-state index in [9.17, 15) is 4.79 Å². The van der Waals surface area contributed by atoms with Crippen LogP contribution >= 0.6 is 0 Å². The van der Waals surface area contributed by atoms with Crippen LogP contribution in [0.3, 0.4) is 0 Å². The quantitative estimate of drug-likeness (QED) is 0.861. The fourth-order valence-electron chi connectivity index (χ4n) is 2.45. The van der Waals surface area contributed by atoms with Crippen LogP contribution in [0.4, 0.5) is 0 Å². The molecule has 1 aromatic rings. The summed E-state index contributed by atoms with van der Waals surface area (Å²) in [5, 5.41) is 0. The molecular weight excluding hydrogens is 226 g/mol. The Labute approximate surface area is 108 Å². The third-order valence-electron chi connectivity index (χ3n) is 3.69. The van der Waals surface area contributed by atoms with E-state index in [1.807, 2.05) is 30.9 Å². The second-order valence-corrected chi connectivity index (χ2v) is 5.06. The molecule has 0 spiro atoms. The van der Waals surface area contributed by atoms with Crippen molar-refractivity contribution in [3.05, 3.63) is 29.1 Å². The van der Waals surface area contributed by atoms with E-state index in [4.69, 9.17) is 5.73 Å². The molecule has 1 fully saturated rings. The van der Waals surface area contributed by atoms with E-state index in [-0.39, 0.29) is 5.91 Å². The van der Waals surface area contributed by atoms with Gasteiger partial charge in [-0.15, -0.1) is 0 Å². The van der Waals surface area contributed by atoms with Crippen molar-refractivity contribution in [1.29, 1.82) is 0 Å². The molecule has 1 saturated heterocycles. The summed E-state index contributed by atoms with van der Waals surface area (Å²) in [6, 6.07) is 3.78. The zero-order valence-corrected chi connectivity index (χ0v) is 11.1. The highest BCUT2D eigenvalue weighted by atomic mass is 16.2. The van der Waals surface area contributed by atoms with E-state index in [0.717, 1.165) is 49.4 Å². The highest BCUT2D eigenvalue weighted by molar-refractivity contribution is 5.95. The number of hydrogen-bond acceptors (Lipinski definition) is 3. The molecule has 0 aromatic carbocycles. The van der Waals surface area contributed by atoms with Crippen molar-refractivity contribution in [3.8, 4) is 0 Å². The number of piperidine rings is 1. The van der Waals surface area contributed by atoms with Crippen LogP contribution < -0.4 is 5.73 Å². The molecule has 18 heavy (non-hydrogen) atoms. The molecular formula is C14H21N3O. The summed E-state index contributed by atoms with van der Waals surface area (Å²) in [7, 11) is 0. The molecule has 0 saturated carbocycles. The van der Waals surface area contributed by atoms with Crippen LogP contribution in [0, 0.1) is 19.8 Å². The number of likely N-dealkylation sites (tertiary alicyclic amines) is 1. The van der Waals surface area contributed by atoms with Crippen LogP contribution in [-0.2, 0) is 0 Å². The predicted molar refractivity (Wildman–Crippen MR) is 71.4 cm³/mol. The molecule has 98 valence electrons. The maximum Gasteiger partial charge on any atom is 0.255 e. The minimum atomic E-state index is 0.107. The van der Waals surface area contributed by atoms with E-state index in [1.54, 1.807) is 0 Å². The average molecular weight is 247 g/mol. The van der Waals surface area contributed by atoms with Gasteiger partial charge >= 0.3 is 0 Å². The smallest absolute Gasteiger partial charge is 0.255 e. The van der Waals surface area contributed by atoms with E-state index < -0.39 is 0 Å². The normalized spacial score (nSPS) is 16.9. The van der Waals surface area contributed by atoms with Gasteiger partial charge in [-0.2, -0.15) is 0 Å². The van der Waals surface area contributed by atoms with Crippen molar-refractivity contribution in [2.45, 2.75) is 26.7 Å². The summed E-state index contributed by atoms with van der Waals surface area (Å²) in [6.45, 7) is 6.19. The minimum Gasteiger partial charge on any atom is -0.339 e. The Morgan fingerprint density at radius 3 is 2.61 bits per heavy atom. The van der Waals surface area contributed by atoms with Gasteiger partial charge in [0.25, 0.3) is 5.91 Å². The number of amides is 1. The van der Waals surface area contributed by atoms with Crippen molar-refractivity contribution in [2.75, 3.05) is 19.6 Å². The van der Waals surface area contributed by atoms with Gasteiger partial charge in [0.1, 0.15) is 0 Å². The zero-order valence-electron chi connectivity index (χ0n) is 11.1. The fraction of sp³-hybridized carbons (Fsp3) is 0.571. The number of pyridine rings is 1. The van der Waals surface area contributed by atoms with E-state index in [0.29, 0.717) is 5.92 Å². The largest absolute Gasteiger partial charge is 0.339 e. The molecule has 0 unspecified atom stereocenters. The highest BCUT2D eigenvalue weighted by Gasteiger charge is 2.23. The Bertz CT molecular complexity index is 437. The number of carbonyl (C=O) groups is 1. The van der Waals surface area contributed by atoms with Crippen LogP contribution in [-0.4, -0.2) is 35.4 Å². The first-order valence-corrected chi connectivity index (χ1v) is 6.55. The molecule has 0 radical (unpaired) electrons. The van der Waals surface area contributed by atoms with Gasteiger partial charge in [0.15, 0.2) is 0 Å². The summed E-state index contributed by atoms with van der Waals surface area (Å²) >= 11 is 0. The number of aryl methyl sites for hydroxylation is 2. The van der Waals surface area contributed by atoms with Crippen LogP contribution in [0.2, 0.25) is 0 Å². The summed E-state index contributed by atoms with van der Waals surface area (Å²) in [6.07, 6.45) is 2.03. The highest BCUT2D eigenvalue weighted by Crippen LogP contribution is 2.19. The SMILES string of the molecule is Cc1ccc(C(=O)N2CCC(CN)CC2)c(C)n1. The van der Waals surface area contributed by atoms with Crippen molar-refractivity contribution < 1.29 is 4.79 Å². The second-order valence-electron chi connectivity index (χ2n) is 5.06. The average Bonchev–Trinajstić information content (AvgIpc) is 2.38. The molecule has 1 aliphatic rings. The minimum absolute atomic E-state index is 0.107. The Hall–Kier alpha value is -1.42. The molecule has 0 aliphatic carbocycles. The predicted octanol–water partition coefficient (Wildman–Crippen LogP) is 1.51. The first-order chi connectivity index (χ1) is 8.61. The number of carbonyl (C=O) groups excluding carboxylic acids is 1.